The molecule has 750 valence electrons. The standard InChI is InChI=1S/C29H42N2O3.C25H36O5.C15H10O7.C15H10O5.C14H6O8.C10H8N2O2S/c1-29-16-15-23-22-10-8-21(34-2)19-20(22)7-9-24(23)25(29)11-12-26(29)30-17-5-3-4-6-18-31-27(32)13-14-28(31)33;1-16(10-12-20-17(2)8-6-14-25(20,3)4)7-5-9-18-11-13-21(29-23(18)27)19-15-22(26)30-24(19)28;16-7-4-10(19)12-11(5-7)22-15(14(21)13(12)20)6-1-2-8(17)9(18)3-6;16-9-6-11(8-4-2-1-3-5-8)20-12-7-10(17)14(18)15(19)13(9)12;15-5-1-3-7-8-4(14(20)22-11(7)9(5)17)2-6(16)10(18)12(8)21-13(3)19;11-5-7(10(12)15)3-6-1-2-8(13)9(14)4-6/h8,10,19,23-26,30H,3-7,9,11-18H2,1-2H3;7,11,13,15,18,21,23-24,27-28H,5-6,8-10,12,14H2,1-4H3;1-5,16-19,21H;1-7,17-19H;1-2,15-18H;1-4,13-14H,(H2,12,15)/b;16-7+;;;;7-3+/t23?,24-,25?,26+,29+;;;;;/m1...../s1. The lowest BCUT2D eigenvalue weighted by molar-refractivity contribution is -0.161. The zero-order valence-electron chi connectivity index (χ0n) is 79.2. The zero-order valence-corrected chi connectivity index (χ0v) is 80.0. The van der Waals surface area contributed by atoms with E-state index >= 15 is 0 Å². The molecule has 3 fully saturated rings. The summed E-state index contributed by atoms with van der Waals surface area (Å²) in [7, 11) is 1.77. The number of aromatic hydroxyl groups is 14. The molecule has 9 atom stereocenters. The van der Waals surface area contributed by atoms with Crippen molar-refractivity contribution in [1.29, 1.82) is 5.26 Å². The first-order chi connectivity index (χ1) is 68.1. The van der Waals surface area contributed by atoms with Crippen LogP contribution in [0.2, 0.25) is 0 Å². The molecule has 34 nitrogen and oxygen atoms in total. The number of phenols is 13. The first-order valence-corrected chi connectivity index (χ1v) is 47.3. The molecule has 0 spiro atoms. The average molecular weight is 1980 g/mol. The number of phenolic OH excluding ortho intramolecular Hbond substituents is 13. The first-order valence-electron chi connectivity index (χ1n) is 46.9. The maximum Gasteiger partial charge on any atom is 0.344 e. The SMILES string of the molecule is CC1=C(CC/C(C)=C/CCC2C=CC(C3=CC(=O)OC3O)OC2O)C(C)(C)CCC1.COc1ccc2c(c1)CC[C@@H]1C2CC[C@@]2(C)C1CC[C@@H]2NCCCCCCN1C(=O)CCC1=O.N#C/C(=C\c1ccc(O)c(O)c1)C(N)=S.O=c1c(O)c(-c2ccc(O)c(O)c2)oc2cc(O)cc(O)c12.O=c1cc(-c2ccccc2)oc2cc(O)c(O)c(O)c12.O=c1oc2c(O)c(O)cc3c(=O)oc4c(O)c(O)cc1c4c23. The molecule has 3 aliphatic heterocycles. The van der Waals surface area contributed by atoms with Crippen molar-refractivity contribution in [2.24, 2.45) is 34.3 Å². The summed E-state index contributed by atoms with van der Waals surface area (Å²) in [6.45, 7) is 13.5. The fourth-order valence-electron chi connectivity index (χ4n) is 20.5. The Labute approximate surface area is 822 Å². The van der Waals surface area contributed by atoms with E-state index in [-0.39, 0.29) is 106 Å². The number of nitrogens with two attached hydrogens (primary N) is 1. The highest BCUT2D eigenvalue weighted by atomic mass is 32.1. The average Bonchev–Trinajstić information content (AvgIpc) is 1.13. The maximum atomic E-state index is 12.1. The van der Waals surface area contributed by atoms with Crippen molar-refractivity contribution in [3.05, 3.63) is 231 Å². The molecule has 0 radical (unpaired) electrons. The van der Waals surface area contributed by atoms with Gasteiger partial charge in [0.25, 0.3) is 0 Å². The Balaban J connectivity index is 0.000000139. The predicted molar refractivity (Wildman–Crippen MR) is 533 cm³/mol. The van der Waals surface area contributed by atoms with Gasteiger partial charge in [0.2, 0.25) is 46.5 Å². The van der Waals surface area contributed by atoms with Crippen LogP contribution in [0.1, 0.15) is 173 Å². The minimum Gasteiger partial charge on any atom is -0.508 e. The largest absolute Gasteiger partial charge is 0.508 e. The van der Waals surface area contributed by atoms with Crippen LogP contribution in [-0.2, 0) is 30.3 Å². The summed E-state index contributed by atoms with van der Waals surface area (Å²) in [5, 5.41) is 166. The number of aryl methyl sites for hydroxylation is 1. The van der Waals surface area contributed by atoms with Crippen LogP contribution in [0.3, 0.4) is 0 Å². The van der Waals surface area contributed by atoms with Gasteiger partial charge in [-0.1, -0.05) is 123 Å². The normalized spacial score (nSPS) is 20.5. The minimum absolute atomic E-state index is 0.00385. The number of allylic oxidation sites excluding steroid dienone is 4. The molecule has 0 bridgehead atoms. The lowest BCUT2D eigenvalue weighted by atomic mass is 9.55. The van der Waals surface area contributed by atoms with Gasteiger partial charge in [0.05, 0.1) is 23.5 Å². The molecule has 4 aliphatic carbocycles. The number of cyclic esters (lactones) is 1. The van der Waals surface area contributed by atoms with E-state index in [9.17, 15) is 110 Å². The zero-order chi connectivity index (χ0) is 103. The van der Waals surface area contributed by atoms with Gasteiger partial charge in [0, 0.05) is 89.2 Å². The van der Waals surface area contributed by atoms with Crippen LogP contribution in [0.4, 0.5) is 0 Å². The van der Waals surface area contributed by atoms with Crippen LogP contribution in [-0.4, -0.2) is 154 Å². The molecule has 8 aromatic carbocycles. The summed E-state index contributed by atoms with van der Waals surface area (Å²) in [5.74, 6) is -4.85. The van der Waals surface area contributed by atoms with Crippen molar-refractivity contribution in [3.8, 4) is 115 Å². The number of nitrogens with zero attached hydrogens (tertiary/aromatic N) is 2. The molecule has 2 saturated carbocycles. The Hall–Kier alpha value is -15.4. The lowest BCUT2D eigenvalue weighted by Gasteiger charge is -2.51. The molecule has 19 N–H and O–H groups in total. The van der Waals surface area contributed by atoms with E-state index in [1.807, 2.05) is 18.2 Å². The molecule has 35 heteroatoms. The lowest BCUT2D eigenvalue weighted by Crippen LogP contribution is -2.48. The smallest absolute Gasteiger partial charge is 0.344 e. The minimum atomic E-state index is -1.30. The Kier molecular flexibility index (Phi) is 31.7. The number of fused-ring (bicyclic) bond motifs is 7. The molecule has 12 aromatic rings. The number of nitriles is 1. The molecule has 4 aromatic heterocycles. The summed E-state index contributed by atoms with van der Waals surface area (Å²) in [4.78, 5) is 84.3. The van der Waals surface area contributed by atoms with Gasteiger partial charge in [-0.25, -0.2) is 14.4 Å². The highest BCUT2D eigenvalue weighted by Crippen LogP contribution is 2.61. The fourth-order valence-corrected chi connectivity index (χ4v) is 20.6. The monoisotopic (exact) mass is 1980 g/mol. The van der Waals surface area contributed by atoms with Crippen LogP contribution >= 0.6 is 12.2 Å². The van der Waals surface area contributed by atoms with Gasteiger partial charge in [-0.15, -0.1) is 0 Å². The number of nitrogens with one attached hydrogen (secondary N) is 1. The van der Waals surface area contributed by atoms with Gasteiger partial charge in [-0.3, -0.25) is 24.1 Å². The summed E-state index contributed by atoms with van der Waals surface area (Å²) in [6.07, 6.45) is 26.5. The summed E-state index contributed by atoms with van der Waals surface area (Å²) < 4.78 is 36.5. The number of unbranched alkanes of at least 4 members (excludes halogenated alkanes) is 3. The van der Waals surface area contributed by atoms with Crippen LogP contribution in [0, 0.1) is 39.9 Å². The van der Waals surface area contributed by atoms with Crippen molar-refractivity contribution >= 4 is 95.7 Å². The topological polar surface area (TPSA) is 589 Å². The number of hydrogen-bond donors (Lipinski definition) is 18. The van der Waals surface area contributed by atoms with E-state index in [4.69, 9.17) is 43.2 Å². The second-order valence-electron chi connectivity index (χ2n) is 37.5. The van der Waals surface area contributed by atoms with Crippen LogP contribution in [0.25, 0.3) is 83.4 Å². The predicted octanol–water partition coefficient (Wildman–Crippen LogP) is 17.1. The van der Waals surface area contributed by atoms with Crippen LogP contribution < -0.4 is 37.9 Å². The maximum absolute atomic E-state index is 12.1. The molecule has 2 amide bonds. The molecule has 7 aliphatic rings. The fraction of sp³-hybridized carbons (Fsp3) is 0.343. The Morgan fingerprint density at radius 1 is 0.622 bits per heavy atom. The van der Waals surface area contributed by atoms with E-state index in [1.165, 1.54) is 129 Å². The van der Waals surface area contributed by atoms with Crippen molar-refractivity contribution in [1.82, 2.24) is 10.2 Å². The van der Waals surface area contributed by atoms with Crippen molar-refractivity contribution in [2.45, 2.75) is 187 Å². The third-order valence-electron chi connectivity index (χ3n) is 28.0. The summed E-state index contributed by atoms with van der Waals surface area (Å²) >= 11 is 4.65. The number of hydrogen-bond acceptors (Lipinski definition) is 33. The van der Waals surface area contributed by atoms with Gasteiger partial charge in [0.1, 0.15) is 62.1 Å². The quantitative estimate of drug-likeness (QED) is 0.00322. The highest BCUT2D eigenvalue weighted by Gasteiger charge is 2.55. The molecule has 19 rings (SSSR count). The Morgan fingerprint density at radius 3 is 1.90 bits per heavy atom. The van der Waals surface area contributed by atoms with E-state index in [2.05, 4.69) is 81.2 Å². The number of imide groups is 1. The van der Waals surface area contributed by atoms with Gasteiger partial charge in [-0.05, 0) is 223 Å². The van der Waals surface area contributed by atoms with Crippen molar-refractivity contribution in [2.75, 3.05) is 20.2 Å². The number of carbonyl (C=O) groups is 3. The number of likely N-dealkylation sites (tertiary alicyclic amines) is 1. The van der Waals surface area contributed by atoms with Crippen molar-refractivity contribution < 1.29 is 128 Å². The number of carbonyl (C=O) groups excluding carboxylic acids is 3. The number of aliphatic hydroxyl groups is 2. The van der Waals surface area contributed by atoms with Gasteiger partial charge in [0.15, 0.2) is 74.6 Å². The van der Waals surface area contributed by atoms with Crippen LogP contribution in [0.15, 0.2) is 210 Å². The first kappa shape index (κ1) is 104. The van der Waals surface area contributed by atoms with Crippen molar-refractivity contribution in [3.63, 3.8) is 0 Å². The molecule has 1 saturated heterocycles. The molecule has 6 unspecified atom stereocenters. The number of ether oxygens (including phenoxy) is 3. The molecular formula is C108H112N4O30S. The number of amides is 2. The Morgan fingerprint density at radius 2 is 1.27 bits per heavy atom. The summed E-state index contributed by atoms with van der Waals surface area (Å²) in [6, 6.07) is 32.3. The third-order valence-corrected chi connectivity index (χ3v) is 28.2. The molecular weight excluding hydrogens is 1870 g/mol. The van der Waals surface area contributed by atoms with Gasteiger partial charge in [-0.2, -0.15) is 5.26 Å². The molecule has 143 heavy (non-hydrogen) atoms. The van der Waals surface area contributed by atoms with Gasteiger partial charge >= 0.3 is 17.2 Å². The van der Waals surface area contributed by atoms with Crippen LogP contribution in [0.5, 0.6) is 86.2 Å². The van der Waals surface area contributed by atoms with E-state index < -0.39 is 115 Å². The van der Waals surface area contributed by atoms with E-state index in [0.29, 0.717) is 58.7 Å². The highest BCUT2D eigenvalue weighted by molar-refractivity contribution is 7.80. The van der Waals surface area contributed by atoms with Gasteiger partial charge < -0.3 is 125 Å². The Bertz CT molecular complexity index is 7270. The molecule has 7 heterocycles. The van der Waals surface area contributed by atoms with E-state index in [0.717, 1.165) is 111 Å². The van der Waals surface area contributed by atoms with E-state index in [1.54, 1.807) is 54.2 Å². The summed E-state index contributed by atoms with van der Waals surface area (Å²) in [5.41, 5.74) is 11.4. The second kappa shape index (κ2) is 43.8. The number of benzene rings is 8. The number of thiocarbonyl (C=S) groups is 1. The number of esters is 1. The third kappa shape index (κ3) is 22.5. The number of aliphatic hydroxyl groups excluding tert-OH is 2. The second-order valence-corrected chi connectivity index (χ2v) is 38.0. The number of methoxy groups -OCH3 is 1. The number of rotatable bonds is 20.